The second-order valence-electron chi connectivity index (χ2n) is 9.87. The minimum atomic E-state index is -5.26. The van der Waals surface area contributed by atoms with Gasteiger partial charge in [0.15, 0.2) is 0 Å². The lowest BCUT2D eigenvalue weighted by molar-refractivity contribution is -0.398. The van der Waals surface area contributed by atoms with Crippen molar-refractivity contribution >= 4 is 21.5 Å². The molecule has 0 unspecified atom stereocenters. The van der Waals surface area contributed by atoms with Gasteiger partial charge in [0.1, 0.15) is 15.7 Å². The van der Waals surface area contributed by atoms with E-state index in [-0.39, 0.29) is 16.7 Å². The van der Waals surface area contributed by atoms with Crippen LogP contribution >= 0.6 is 0 Å². The summed E-state index contributed by atoms with van der Waals surface area (Å²) >= 11 is 0. The molecule has 0 saturated heterocycles. The van der Waals surface area contributed by atoms with Gasteiger partial charge in [-0.2, -0.15) is 0 Å². The highest BCUT2D eigenvalue weighted by Crippen LogP contribution is 2.52. The topological polar surface area (TPSA) is 143 Å². The van der Waals surface area contributed by atoms with Gasteiger partial charge in [-0.3, -0.25) is 20.2 Å². The van der Waals surface area contributed by atoms with Crippen LogP contribution in [0.25, 0.3) is 0 Å². The second kappa shape index (κ2) is 6.77. The maximum Gasteiger partial charge on any atom is 0.285 e. The molecule has 0 aliphatic carbocycles. The molecule has 158 valence electrons. The van der Waals surface area contributed by atoms with Crippen molar-refractivity contribution < 1.29 is 22.8 Å². The van der Waals surface area contributed by atoms with E-state index in [1.165, 1.54) is 41.5 Å². The molecular formula is C18H27N2O7S-. The van der Waals surface area contributed by atoms with E-state index in [2.05, 4.69) is 0 Å². The first-order valence-electron chi connectivity index (χ1n) is 8.63. The summed E-state index contributed by atoms with van der Waals surface area (Å²) in [6.07, 6.45) is 0. The van der Waals surface area contributed by atoms with E-state index in [4.69, 9.17) is 0 Å². The maximum atomic E-state index is 12.3. The van der Waals surface area contributed by atoms with Gasteiger partial charge in [-0.15, -0.1) is 0 Å². The lowest BCUT2D eigenvalue weighted by Gasteiger charge is -2.33. The summed E-state index contributed by atoms with van der Waals surface area (Å²) in [5, 5.41) is 24.1. The molecule has 0 amide bonds. The molecule has 0 aromatic heterocycles. The van der Waals surface area contributed by atoms with Gasteiger partial charge in [0.05, 0.1) is 25.9 Å². The molecule has 1 rings (SSSR count). The van der Waals surface area contributed by atoms with E-state index in [0.29, 0.717) is 0 Å². The molecule has 0 atom stereocenters. The predicted molar refractivity (Wildman–Crippen MR) is 104 cm³/mol. The highest BCUT2D eigenvalue weighted by Gasteiger charge is 2.47. The van der Waals surface area contributed by atoms with E-state index in [0.717, 1.165) is 0 Å². The van der Waals surface area contributed by atoms with Crippen LogP contribution in [0.15, 0.2) is 4.90 Å². The first-order chi connectivity index (χ1) is 12.1. The third kappa shape index (κ3) is 4.33. The van der Waals surface area contributed by atoms with Gasteiger partial charge in [-0.1, -0.05) is 62.3 Å². The Morgan fingerprint density at radius 3 is 1.04 bits per heavy atom. The van der Waals surface area contributed by atoms with Crippen LogP contribution in [-0.4, -0.2) is 22.8 Å². The van der Waals surface area contributed by atoms with Crippen molar-refractivity contribution in [3.63, 3.8) is 0 Å². The van der Waals surface area contributed by atoms with Gasteiger partial charge in [-0.25, -0.2) is 8.42 Å². The molecule has 28 heavy (non-hydrogen) atoms. The molecule has 0 spiro atoms. The van der Waals surface area contributed by atoms with Crippen molar-refractivity contribution in [1.82, 2.24) is 0 Å². The molecule has 0 N–H and O–H groups in total. The molecule has 0 aliphatic heterocycles. The summed E-state index contributed by atoms with van der Waals surface area (Å²) in [4.78, 5) is 21.6. The predicted octanol–water partition coefficient (Wildman–Crippen LogP) is 4.30. The molecule has 0 bridgehead atoms. The summed E-state index contributed by atoms with van der Waals surface area (Å²) in [6, 6.07) is 0. The van der Waals surface area contributed by atoms with E-state index < -0.39 is 52.5 Å². The van der Waals surface area contributed by atoms with Crippen LogP contribution in [0.3, 0.4) is 0 Å². The number of benzene rings is 1. The zero-order chi connectivity index (χ0) is 22.6. The lowest BCUT2D eigenvalue weighted by atomic mass is 9.72. The number of hydrogen-bond acceptors (Lipinski definition) is 7. The second-order valence-corrected chi connectivity index (χ2v) is 11.2. The number of nitro groups is 2. The van der Waals surface area contributed by atoms with Crippen LogP contribution < -0.4 is 0 Å². The third-order valence-electron chi connectivity index (χ3n) is 4.27. The molecule has 0 saturated carbocycles. The van der Waals surface area contributed by atoms with E-state index >= 15 is 0 Å². The Labute approximate surface area is 165 Å². The largest absolute Gasteiger partial charge is 0.744 e. The molecule has 9 nitrogen and oxygen atoms in total. The quantitative estimate of drug-likeness (QED) is 0.406. The average molecular weight is 415 g/mol. The van der Waals surface area contributed by atoms with Crippen molar-refractivity contribution in [2.24, 2.45) is 0 Å². The van der Waals surface area contributed by atoms with Gasteiger partial charge in [-0.05, 0) is 10.8 Å². The van der Waals surface area contributed by atoms with Gasteiger partial charge in [0.25, 0.3) is 11.4 Å². The van der Waals surface area contributed by atoms with Gasteiger partial charge in [0, 0.05) is 5.41 Å². The third-order valence-corrected chi connectivity index (χ3v) is 5.17. The zero-order valence-electron chi connectivity index (χ0n) is 17.7. The minimum absolute atomic E-state index is 0.190. The SMILES string of the molecule is CC(C)(C)c1c([N+](=O)[O-])c(C(C)(C)C)c(S(=O)(=O)[O-])c(C(C)(C)C)c1[N+](=O)[O-]. The van der Waals surface area contributed by atoms with Crippen LogP contribution in [-0.2, 0) is 26.4 Å². The van der Waals surface area contributed by atoms with Gasteiger partial charge in [0.2, 0.25) is 0 Å². The average Bonchev–Trinajstić information content (AvgIpc) is 2.39. The molecule has 0 aliphatic rings. The van der Waals surface area contributed by atoms with Crippen LogP contribution in [0.1, 0.15) is 79.0 Å². The molecule has 0 fully saturated rings. The summed E-state index contributed by atoms with van der Waals surface area (Å²) in [5.41, 5.74) is -5.49. The normalized spacial score (nSPS) is 13.5. The Bertz CT molecular complexity index is 891. The fourth-order valence-electron chi connectivity index (χ4n) is 3.42. The van der Waals surface area contributed by atoms with Crippen molar-refractivity contribution in [2.75, 3.05) is 0 Å². The standard InChI is InChI=1S/C18H28N2O7S/c1-16(2,3)10-13(19(21)22)11(17(4,5)6)15(28(25,26)27)12(18(7,8)9)14(10)20(23)24/h1-9H3,(H,25,26,27)/p-1. The Morgan fingerprint density at radius 1 is 0.643 bits per heavy atom. The van der Waals surface area contributed by atoms with Gasteiger partial charge < -0.3 is 4.55 Å². The van der Waals surface area contributed by atoms with Crippen molar-refractivity contribution in [3.8, 4) is 0 Å². The Morgan fingerprint density at radius 2 is 0.893 bits per heavy atom. The summed E-state index contributed by atoms with van der Waals surface area (Å²) in [6.45, 7) is 13.9. The van der Waals surface area contributed by atoms with Crippen molar-refractivity contribution in [2.45, 2.75) is 83.5 Å². The summed E-state index contributed by atoms with van der Waals surface area (Å²) in [7, 11) is -5.26. The van der Waals surface area contributed by atoms with Gasteiger partial charge >= 0.3 is 0 Å². The van der Waals surface area contributed by atoms with Crippen LogP contribution in [0.4, 0.5) is 11.4 Å². The highest BCUT2D eigenvalue weighted by molar-refractivity contribution is 7.85. The summed E-state index contributed by atoms with van der Waals surface area (Å²) < 4.78 is 36.8. The smallest absolute Gasteiger partial charge is 0.285 e. The molecular weight excluding hydrogens is 388 g/mol. The molecule has 1 aromatic rings. The van der Waals surface area contributed by atoms with Crippen molar-refractivity contribution in [1.29, 1.82) is 0 Å². The Balaban J connectivity index is 4.81. The van der Waals surface area contributed by atoms with Crippen LogP contribution in [0.2, 0.25) is 0 Å². The number of nitro benzene ring substituents is 2. The van der Waals surface area contributed by atoms with E-state index in [1.807, 2.05) is 0 Å². The minimum Gasteiger partial charge on any atom is -0.744 e. The fourth-order valence-corrected chi connectivity index (χ4v) is 4.73. The number of rotatable bonds is 3. The van der Waals surface area contributed by atoms with Crippen LogP contribution in [0.5, 0.6) is 0 Å². The maximum absolute atomic E-state index is 12.3. The highest BCUT2D eigenvalue weighted by atomic mass is 32.2. The van der Waals surface area contributed by atoms with Crippen LogP contribution in [0, 0.1) is 20.2 Å². The molecule has 0 radical (unpaired) electrons. The molecule has 0 heterocycles. The Hall–Kier alpha value is -2.07. The fraction of sp³-hybridized carbons (Fsp3) is 0.667. The first kappa shape index (κ1) is 24.0. The summed E-state index contributed by atoms with van der Waals surface area (Å²) in [5.74, 6) is 0. The Kier molecular flexibility index (Phi) is 5.79. The molecule has 1 aromatic carbocycles. The molecule has 10 heteroatoms. The number of nitrogens with zero attached hydrogens (tertiary/aromatic N) is 2. The monoisotopic (exact) mass is 415 g/mol. The van der Waals surface area contributed by atoms with Crippen molar-refractivity contribution in [3.05, 3.63) is 36.9 Å². The number of hydrogen-bond donors (Lipinski definition) is 0. The first-order valence-corrected chi connectivity index (χ1v) is 10.0. The lowest BCUT2D eigenvalue weighted by Crippen LogP contribution is -2.30. The van der Waals surface area contributed by atoms with E-state index in [1.54, 1.807) is 20.8 Å². The van der Waals surface area contributed by atoms with E-state index in [9.17, 15) is 33.2 Å². The zero-order valence-corrected chi connectivity index (χ0v) is 18.5.